The van der Waals surface area contributed by atoms with Crippen molar-refractivity contribution in [3.8, 4) is 5.88 Å². The Morgan fingerprint density at radius 1 is 1.19 bits per heavy atom. The van der Waals surface area contributed by atoms with E-state index >= 15 is 0 Å². The van der Waals surface area contributed by atoms with Crippen LogP contribution in [0.5, 0.6) is 5.88 Å². The predicted octanol–water partition coefficient (Wildman–Crippen LogP) is 4.23. The molecule has 9 nitrogen and oxygen atoms in total. The number of ether oxygens (including phenoxy) is 2. The van der Waals surface area contributed by atoms with Gasteiger partial charge in [0.25, 0.3) is 0 Å². The second-order valence-electron chi connectivity index (χ2n) is 9.95. The third kappa shape index (κ3) is 6.47. The molecule has 0 saturated heterocycles. The normalized spacial score (nSPS) is 17.0. The van der Waals surface area contributed by atoms with Gasteiger partial charge in [0.2, 0.25) is 11.8 Å². The number of rotatable bonds is 13. The van der Waals surface area contributed by atoms with E-state index in [4.69, 9.17) is 26.8 Å². The second-order valence-corrected chi connectivity index (χ2v) is 10.3. The lowest BCUT2D eigenvalue weighted by molar-refractivity contribution is -0.118. The molecule has 1 aromatic carbocycles. The molecule has 0 bridgehead atoms. The molecule has 5 rings (SSSR count). The molecule has 3 aromatic rings. The van der Waals surface area contributed by atoms with Gasteiger partial charge < -0.3 is 20.5 Å². The summed E-state index contributed by atoms with van der Waals surface area (Å²) in [6.07, 6.45) is 8.72. The van der Waals surface area contributed by atoms with Crippen molar-refractivity contribution in [2.45, 2.75) is 50.8 Å². The van der Waals surface area contributed by atoms with E-state index in [1.165, 1.54) is 32.8 Å². The van der Waals surface area contributed by atoms with Gasteiger partial charge >= 0.3 is 0 Å². The molecule has 2 saturated carbocycles. The van der Waals surface area contributed by atoms with Crippen LogP contribution >= 0.6 is 11.6 Å². The van der Waals surface area contributed by atoms with Crippen LogP contribution in [-0.2, 0) is 16.1 Å². The molecule has 37 heavy (non-hydrogen) atoms. The molecule has 2 unspecified atom stereocenters. The van der Waals surface area contributed by atoms with Crippen LogP contribution in [0.3, 0.4) is 0 Å². The van der Waals surface area contributed by atoms with Crippen LogP contribution < -0.4 is 15.8 Å². The van der Waals surface area contributed by atoms with Gasteiger partial charge in [-0.15, -0.1) is 10.2 Å². The lowest BCUT2D eigenvalue weighted by Gasteiger charge is -2.22. The van der Waals surface area contributed by atoms with E-state index in [2.05, 4.69) is 20.6 Å². The molecule has 2 atom stereocenters. The van der Waals surface area contributed by atoms with Gasteiger partial charge in [-0.1, -0.05) is 41.9 Å². The largest absolute Gasteiger partial charge is 0.480 e. The first-order valence-electron chi connectivity index (χ1n) is 12.8. The summed E-state index contributed by atoms with van der Waals surface area (Å²) in [5.74, 6) is 1.66. The molecular formula is C27H33ClN6O3. The van der Waals surface area contributed by atoms with Gasteiger partial charge in [0.1, 0.15) is 0 Å². The number of anilines is 1. The number of aromatic nitrogens is 4. The fourth-order valence-corrected chi connectivity index (χ4v) is 5.22. The van der Waals surface area contributed by atoms with Gasteiger partial charge in [0, 0.05) is 18.4 Å². The van der Waals surface area contributed by atoms with E-state index in [-0.39, 0.29) is 23.0 Å². The van der Waals surface area contributed by atoms with Gasteiger partial charge in [0.15, 0.2) is 5.15 Å². The molecule has 1 amide bonds. The van der Waals surface area contributed by atoms with Crippen LogP contribution in [0.4, 0.5) is 5.69 Å². The Bertz CT molecular complexity index is 1190. The number of methoxy groups -OCH3 is 1. The highest BCUT2D eigenvalue weighted by Gasteiger charge is 2.46. The monoisotopic (exact) mass is 524 g/mol. The zero-order valence-electron chi connectivity index (χ0n) is 20.9. The lowest BCUT2D eigenvalue weighted by Crippen LogP contribution is -2.43. The van der Waals surface area contributed by atoms with Gasteiger partial charge in [0.05, 0.1) is 37.7 Å². The van der Waals surface area contributed by atoms with Crippen molar-refractivity contribution in [2.75, 3.05) is 19.0 Å². The summed E-state index contributed by atoms with van der Waals surface area (Å²) in [4.78, 5) is 13.0. The smallest absolute Gasteiger partial charge is 0.241 e. The molecule has 2 fully saturated rings. The number of nitrogens with one attached hydrogen (secondary N) is 1. The average molecular weight is 525 g/mol. The number of nitrogens with two attached hydrogens (primary N) is 1. The standard InChI is InChI=1S/C27H33ClN6O3/c1-36-27-21(13-23(28)32-33-27)22(11-12-37-16-17-5-3-2-4-6-17)34-15-20(14-30-34)31-26(35)25(29)24(18-7-8-18)19-9-10-19/h2-6,13-15,18-19,22,24-25H,7-12,16,29H2,1H3,(H,31,35). The first-order chi connectivity index (χ1) is 18.0. The molecule has 0 radical (unpaired) electrons. The molecule has 2 aliphatic rings. The molecule has 2 aromatic heterocycles. The Hall–Kier alpha value is -3.01. The minimum atomic E-state index is -0.506. The SMILES string of the molecule is COc1nnc(Cl)cc1C(CCOCc1ccccc1)n1cc(NC(=O)C(N)C(C2CC2)C2CC2)cn1. The Morgan fingerprint density at radius 2 is 1.92 bits per heavy atom. The van der Waals surface area contributed by atoms with Crippen molar-refractivity contribution in [3.63, 3.8) is 0 Å². The van der Waals surface area contributed by atoms with E-state index in [9.17, 15) is 4.79 Å². The number of benzene rings is 1. The van der Waals surface area contributed by atoms with E-state index in [1.807, 2.05) is 30.3 Å². The minimum absolute atomic E-state index is 0.155. The number of carbonyl (C=O) groups is 1. The van der Waals surface area contributed by atoms with E-state index in [0.717, 1.165) is 11.1 Å². The molecule has 10 heteroatoms. The number of nitrogens with zero attached hydrogens (tertiary/aromatic N) is 4. The Labute approximate surface area is 221 Å². The number of carbonyl (C=O) groups excluding carboxylic acids is 1. The molecule has 0 aliphatic heterocycles. The van der Waals surface area contributed by atoms with Crippen molar-refractivity contribution in [1.29, 1.82) is 0 Å². The van der Waals surface area contributed by atoms with Crippen LogP contribution in [-0.4, -0.2) is 45.6 Å². The summed E-state index contributed by atoms with van der Waals surface area (Å²) in [5.41, 5.74) is 8.85. The zero-order chi connectivity index (χ0) is 25.8. The predicted molar refractivity (Wildman–Crippen MR) is 140 cm³/mol. The summed E-state index contributed by atoms with van der Waals surface area (Å²) in [7, 11) is 1.54. The van der Waals surface area contributed by atoms with Crippen molar-refractivity contribution >= 4 is 23.2 Å². The number of hydrogen-bond donors (Lipinski definition) is 2. The summed E-state index contributed by atoms with van der Waals surface area (Å²) in [6, 6.07) is 10.9. The van der Waals surface area contributed by atoms with E-state index in [1.54, 1.807) is 23.1 Å². The van der Waals surface area contributed by atoms with Crippen molar-refractivity contribution in [3.05, 3.63) is 65.1 Å². The van der Waals surface area contributed by atoms with Crippen molar-refractivity contribution in [2.24, 2.45) is 23.5 Å². The van der Waals surface area contributed by atoms with Crippen LogP contribution in [0.25, 0.3) is 0 Å². The van der Waals surface area contributed by atoms with E-state index in [0.29, 0.717) is 43.0 Å². The molecule has 196 valence electrons. The van der Waals surface area contributed by atoms with Crippen molar-refractivity contribution < 1.29 is 14.3 Å². The molecule has 0 spiro atoms. The summed E-state index contributed by atoms with van der Waals surface area (Å²) >= 11 is 6.19. The van der Waals surface area contributed by atoms with Crippen molar-refractivity contribution in [1.82, 2.24) is 20.0 Å². The quantitative estimate of drug-likeness (QED) is 0.321. The summed E-state index contributed by atoms with van der Waals surface area (Å²) in [6.45, 7) is 0.959. The average Bonchev–Trinajstić information content (AvgIpc) is 3.85. The van der Waals surface area contributed by atoms with E-state index < -0.39 is 6.04 Å². The molecule has 2 aliphatic carbocycles. The maximum Gasteiger partial charge on any atom is 0.241 e. The topological polar surface area (TPSA) is 117 Å². The highest BCUT2D eigenvalue weighted by atomic mass is 35.5. The Kier molecular flexibility index (Phi) is 8.02. The van der Waals surface area contributed by atoms with Gasteiger partial charge in [-0.2, -0.15) is 5.10 Å². The maximum atomic E-state index is 13.0. The van der Waals surface area contributed by atoms with Gasteiger partial charge in [-0.25, -0.2) is 0 Å². The third-order valence-electron chi connectivity index (χ3n) is 7.20. The van der Waals surface area contributed by atoms with Crippen LogP contribution in [0.1, 0.15) is 49.3 Å². The van der Waals surface area contributed by atoms with Crippen LogP contribution in [0.2, 0.25) is 5.15 Å². The first-order valence-corrected chi connectivity index (χ1v) is 13.2. The summed E-state index contributed by atoms with van der Waals surface area (Å²) < 4.78 is 13.2. The maximum absolute atomic E-state index is 13.0. The second kappa shape index (κ2) is 11.6. The fraction of sp³-hybridized carbons (Fsp3) is 0.481. The Balaban J connectivity index is 1.29. The minimum Gasteiger partial charge on any atom is -0.480 e. The van der Waals surface area contributed by atoms with Crippen LogP contribution in [0.15, 0.2) is 48.8 Å². The lowest BCUT2D eigenvalue weighted by atomic mass is 9.89. The van der Waals surface area contributed by atoms with Crippen LogP contribution in [0, 0.1) is 17.8 Å². The number of hydrogen-bond acceptors (Lipinski definition) is 7. The number of amides is 1. The summed E-state index contributed by atoms with van der Waals surface area (Å²) in [5, 5.41) is 15.8. The first kappa shape index (κ1) is 25.6. The third-order valence-corrected chi connectivity index (χ3v) is 7.38. The number of halogens is 1. The fourth-order valence-electron chi connectivity index (χ4n) is 5.06. The van der Waals surface area contributed by atoms with Gasteiger partial charge in [-0.05, 0) is 61.5 Å². The highest BCUT2D eigenvalue weighted by molar-refractivity contribution is 6.29. The van der Waals surface area contributed by atoms with Gasteiger partial charge in [-0.3, -0.25) is 9.48 Å². The molecule has 2 heterocycles. The Morgan fingerprint density at radius 3 is 2.59 bits per heavy atom. The zero-order valence-corrected chi connectivity index (χ0v) is 21.7. The molecular weight excluding hydrogens is 492 g/mol. The molecule has 3 N–H and O–H groups in total. The highest BCUT2D eigenvalue weighted by Crippen LogP contribution is 2.50.